The highest BCUT2D eigenvalue weighted by molar-refractivity contribution is 5.95. The molecular weight excluding hydrogens is 394 g/mol. The van der Waals surface area contributed by atoms with Crippen molar-refractivity contribution in [2.24, 2.45) is 0 Å². The van der Waals surface area contributed by atoms with Crippen LogP contribution >= 0.6 is 0 Å². The summed E-state index contributed by atoms with van der Waals surface area (Å²) in [5.74, 6) is 0.163. The Hall–Kier alpha value is -3.80. The van der Waals surface area contributed by atoms with Crippen LogP contribution in [0.1, 0.15) is 18.1 Å². The first-order chi connectivity index (χ1) is 15.0. The second kappa shape index (κ2) is 10.8. The van der Waals surface area contributed by atoms with Gasteiger partial charge in [0.25, 0.3) is 5.91 Å². The van der Waals surface area contributed by atoms with Gasteiger partial charge in [-0.15, -0.1) is 0 Å². The summed E-state index contributed by atoms with van der Waals surface area (Å²) in [5.41, 5.74) is 2.75. The highest BCUT2D eigenvalue weighted by atomic mass is 16.6. The molecule has 3 aromatic rings. The van der Waals surface area contributed by atoms with E-state index in [2.05, 4.69) is 5.32 Å². The summed E-state index contributed by atoms with van der Waals surface area (Å²) in [6, 6.07) is 24.2. The first kappa shape index (κ1) is 21.9. The van der Waals surface area contributed by atoms with Crippen molar-refractivity contribution in [1.82, 2.24) is 0 Å². The standard InChI is InChI=1S/C25H25NO5/c1-18-7-6-10-21(15-18)26-25(28)19(2)31-24(27)17-30-23-13-11-22(12-14-23)29-16-20-8-4-3-5-9-20/h3-15,19H,16-17H2,1-2H3,(H,26,28)/t19-/m0/s1. The minimum Gasteiger partial charge on any atom is -0.489 e. The van der Waals surface area contributed by atoms with Crippen LogP contribution in [0, 0.1) is 6.92 Å². The molecule has 0 aliphatic rings. The van der Waals surface area contributed by atoms with Crippen LogP contribution in [0.15, 0.2) is 78.9 Å². The zero-order chi connectivity index (χ0) is 22.1. The lowest BCUT2D eigenvalue weighted by Crippen LogP contribution is -2.31. The van der Waals surface area contributed by atoms with Gasteiger partial charge in [-0.25, -0.2) is 4.79 Å². The lowest BCUT2D eigenvalue weighted by atomic mass is 10.2. The van der Waals surface area contributed by atoms with E-state index in [0.29, 0.717) is 23.8 Å². The number of hydrogen-bond donors (Lipinski definition) is 1. The molecular formula is C25H25NO5. The number of anilines is 1. The molecule has 1 amide bonds. The zero-order valence-electron chi connectivity index (χ0n) is 17.5. The third-order valence-electron chi connectivity index (χ3n) is 4.39. The first-order valence-electron chi connectivity index (χ1n) is 9.96. The van der Waals surface area contributed by atoms with E-state index in [1.165, 1.54) is 6.92 Å². The van der Waals surface area contributed by atoms with Crippen LogP contribution in [0.25, 0.3) is 0 Å². The maximum atomic E-state index is 12.2. The van der Waals surface area contributed by atoms with Gasteiger partial charge in [-0.3, -0.25) is 4.79 Å². The molecule has 1 atom stereocenters. The van der Waals surface area contributed by atoms with Crippen molar-refractivity contribution in [3.63, 3.8) is 0 Å². The third kappa shape index (κ3) is 7.19. The van der Waals surface area contributed by atoms with Crippen LogP contribution in [0.2, 0.25) is 0 Å². The molecule has 1 N–H and O–H groups in total. The van der Waals surface area contributed by atoms with Gasteiger partial charge in [0.05, 0.1) is 0 Å². The molecule has 3 rings (SSSR count). The number of rotatable bonds is 9. The molecule has 0 spiro atoms. The zero-order valence-corrected chi connectivity index (χ0v) is 17.5. The molecule has 0 heterocycles. The summed E-state index contributed by atoms with van der Waals surface area (Å²) in [6.07, 6.45) is -0.939. The number of aryl methyl sites for hydroxylation is 1. The van der Waals surface area contributed by atoms with Gasteiger partial charge in [0.2, 0.25) is 0 Å². The fraction of sp³-hybridized carbons (Fsp3) is 0.200. The topological polar surface area (TPSA) is 73.9 Å². The summed E-state index contributed by atoms with van der Waals surface area (Å²) < 4.78 is 16.3. The van der Waals surface area contributed by atoms with E-state index in [-0.39, 0.29) is 6.61 Å². The molecule has 0 saturated carbocycles. The largest absolute Gasteiger partial charge is 0.489 e. The fourth-order valence-electron chi connectivity index (χ4n) is 2.77. The summed E-state index contributed by atoms with van der Waals surface area (Å²) in [6.45, 7) is 3.61. The highest BCUT2D eigenvalue weighted by Crippen LogP contribution is 2.19. The lowest BCUT2D eigenvalue weighted by molar-refractivity contribution is -0.155. The summed E-state index contributed by atoms with van der Waals surface area (Å²) in [7, 11) is 0. The van der Waals surface area contributed by atoms with Gasteiger partial charge in [-0.2, -0.15) is 0 Å². The second-order valence-electron chi connectivity index (χ2n) is 7.03. The molecule has 0 radical (unpaired) electrons. The third-order valence-corrected chi connectivity index (χ3v) is 4.39. The van der Waals surface area contributed by atoms with Crippen LogP contribution in [0.3, 0.4) is 0 Å². The van der Waals surface area contributed by atoms with Gasteiger partial charge in [-0.05, 0) is 61.4 Å². The molecule has 0 unspecified atom stereocenters. The molecule has 0 aliphatic carbocycles. The molecule has 0 fully saturated rings. The number of ether oxygens (including phenoxy) is 3. The van der Waals surface area contributed by atoms with Crippen molar-refractivity contribution in [3.05, 3.63) is 90.0 Å². The molecule has 160 valence electrons. The molecule has 0 aromatic heterocycles. The monoisotopic (exact) mass is 419 g/mol. The van der Waals surface area contributed by atoms with Gasteiger partial charge in [0, 0.05) is 5.69 Å². The van der Waals surface area contributed by atoms with E-state index in [1.807, 2.05) is 55.5 Å². The van der Waals surface area contributed by atoms with Gasteiger partial charge in [0.15, 0.2) is 12.7 Å². The number of amides is 1. The van der Waals surface area contributed by atoms with Gasteiger partial charge in [0.1, 0.15) is 18.1 Å². The van der Waals surface area contributed by atoms with Crippen LogP contribution in [-0.4, -0.2) is 24.6 Å². The van der Waals surface area contributed by atoms with E-state index >= 15 is 0 Å². The van der Waals surface area contributed by atoms with Gasteiger partial charge >= 0.3 is 5.97 Å². The minimum absolute atomic E-state index is 0.299. The molecule has 6 heteroatoms. The SMILES string of the molecule is Cc1cccc(NC(=O)[C@H](C)OC(=O)COc2ccc(OCc3ccccc3)cc2)c1. The van der Waals surface area contributed by atoms with Crippen LogP contribution in [0.5, 0.6) is 11.5 Å². The number of carbonyl (C=O) groups is 2. The fourth-order valence-corrected chi connectivity index (χ4v) is 2.77. The summed E-state index contributed by atoms with van der Waals surface area (Å²) >= 11 is 0. The van der Waals surface area contributed by atoms with E-state index in [1.54, 1.807) is 30.3 Å². The number of benzene rings is 3. The molecule has 0 saturated heterocycles. The smallest absolute Gasteiger partial charge is 0.344 e. The molecule has 3 aromatic carbocycles. The van der Waals surface area contributed by atoms with Crippen molar-refractivity contribution >= 4 is 17.6 Å². The predicted molar refractivity (Wildman–Crippen MR) is 118 cm³/mol. The van der Waals surface area contributed by atoms with Crippen molar-refractivity contribution in [2.45, 2.75) is 26.6 Å². The molecule has 0 aliphatic heterocycles. The number of hydrogen-bond acceptors (Lipinski definition) is 5. The van der Waals surface area contributed by atoms with Gasteiger partial charge < -0.3 is 19.5 Å². The van der Waals surface area contributed by atoms with E-state index in [0.717, 1.165) is 11.1 Å². The van der Waals surface area contributed by atoms with E-state index < -0.39 is 18.0 Å². The Morgan fingerprint density at radius 3 is 2.23 bits per heavy atom. The number of carbonyl (C=O) groups excluding carboxylic acids is 2. The van der Waals surface area contributed by atoms with Crippen molar-refractivity contribution < 1.29 is 23.8 Å². The number of esters is 1. The van der Waals surface area contributed by atoms with Crippen LogP contribution in [0.4, 0.5) is 5.69 Å². The van der Waals surface area contributed by atoms with E-state index in [4.69, 9.17) is 14.2 Å². The molecule has 6 nitrogen and oxygen atoms in total. The average Bonchev–Trinajstić information content (AvgIpc) is 2.77. The Balaban J connectivity index is 1.40. The van der Waals surface area contributed by atoms with Crippen LogP contribution < -0.4 is 14.8 Å². The summed E-state index contributed by atoms with van der Waals surface area (Å²) in [4.78, 5) is 24.2. The van der Waals surface area contributed by atoms with Crippen molar-refractivity contribution in [1.29, 1.82) is 0 Å². The molecule has 0 bridgehead atoms. The number of nitrogens with one attached hydrogen (secondary N) is 1. The Kier molecular flexibility index (Phi) is 7.65. The summed E-state index contributed by atoms with van der Waals surface area (Å²) in [5, 5.41) is 2.72. The Bertz CT molecular complexity index is 1000. The highest BCUT2D eigenvalue weighted by Gasteiger charge is 2.18. The normalized spacial score (nSPS) is 11.3. The van der Waals surface area contributed by atoms with Crippen LogP contribution in [-0.2, 0) is 20.9 Å². The van der Waals surface area contributed by atoms with E-state index in [9.17, 15) is 9.59 Å². The predicted octanol–water partition coefficient (Wildman–Crippen LogP) is 4.52. The maximum absolute atomic E-state index is 12.2. The van der Waals surface area contributed by atoms with Gasteiger partial charge in [-0.1, -0.05) is 42.5 Å². The molecule has 31 heavy (non-hydrogen) atoms. The second-order valence-corrected chi connectivity index (χ2v) is 7.03. The average molecular weight is 419 g/mol. The maximum Gasteiger partial charge on any atom is 0.344 e. The van der Waals surface area contributed by atoms with Crippen molar-refractivity contribution in [3.8, 4) is 11.5 Å². The Labute approximate surface area is 181 Å². The lowest BCUT2D eigenvalue weighted by Gasteiger charge is -2.14. The first-order valence-corrected chi connectivity index (χ1v) is 9.96. The van der Waals surface area contributed by atoms with Crippen molar-refractivity contribution in [2.75, 3.05) is 11.9 Å². The minimum atomic E-state index is -0.939. The quantitative estimate of drug-likeness (QED) is 0.516. The Morgan fingerprint density at radius 1 is 0.871 bits per heavy atom. The Morgan fingerprint density at radius 2 is 1.55 bits per heavy atom.